The number of nitrogens with zero attached hydrogens (tertiary/aromatic N) is 3. The third kappa shape index (κ3) is 4.26. The van der Waals surface area contributed by atoms with Gasteiger partial charge in [-0.2, -0.15) is 0 Å². The van der Waals surface area contributed by atoms with Crippen LogP contribution in [-0.2, 0) is 4.79 Å². The van der Waals surface area contributed by atoms with E-state index in [1.807, 2.05) is 19.1 Å². The molecule has 0 aliphatic rings. The van der Waals surface area contributed by atoms with Crippen molar-refractivity contribution in [2.24, 2.45) is 0 Å². The van der Waals surface area contributed by atoms with E-state index in [2.05, 4.69) is 26.2 Å². The zero-order valence-electron chi connectivity index (χ0n) is 12.6. The van der Waals surface area contributed by atoms with Gasteiger partial charge in [-0.1, -0.05) is 15.9 Å². The summed E-state index contributed by atoms with van der Waals surface area (Å²) in [6.07, 6.45) is 1.45. The Morgan fingerprint density at radius 1 is 1.43 bits per heavy atom. The first kappa shape index (κ1) is 16.9. The van der Waals surface area contributed by atoms with Crippen molar-refractivity contribution in [1.82, 2.24) is 4.98 Å². The van der Waals surface area contributed by atoms with Gasteiger partial charge in [-0.3, -0.25) is 14.9 Å². The summed E-state index contributed by atoms with van der Waals surface area (Å²) in [5.41, 5.74) is 1.48. The number of nitro groups is 1. The van der Waals surface area contributed by atoms with E-state index < -0.39 is 4.92 Å². The molecule has 0 aliphatic carbocycles. The van der Waals surface area contributed by atoms with E-state index in [0.29, 0.717) is 5.69 Å². The van der Waals surface area contributed by atoms with Crippen molar-refractivity contribution in [1.29, 1.82) is 0 Å². The lowest BCUT2D eigenvalue weighted by Crippen LogP contribution is -2.31. The van der Waals surface area contributed by atoms with Crippen molar-refractivity contribution >= 4 is 39.0 Å². The van der Waals surface area contributed by atoms with Crippen LogP contribution >= 0.6 is 15.9 Å². The van der Waals surface area contributed by atoms with Crippen LogP contribution in [0.25, 0.3) is 0 Å². The molecule has 0 atom stereocenters. The number of rotatable bonds is 5. The molecule has 1 amide bonds. The van der Waals surface area contributed by atoms with Crippen LogP contribution in [0.2, 0.25) is 0 Å². The van der Waals surface area contributed by atoms with E-state index in [1.54, 1.807) is 13.1 Å². The van der Waals surface area contributed by atoms with Crippen LogP contribution in [0.15, 0.2) is 41.0 Å². The van der Waals surface area contributed by atoms with Crippen molar-refractivity contribution in [3.63, 3.8) is 0 Å². The van der Waals surface area contributed by atoms with Gasteiger partial charge in [0.25, 0.3) is 0 Å². The third-order valence-electron chi connectivity index (χ3n) is 3.17. The molecular formula is C15H15BrN4O3. The maximum Gasteiger partial charge on any atom is 0.311 e. The number of carbonyl (C=O) groups is 1. The molecule has 23 heavy (non-hydrogen) atoms. The summed E-state index contributed by atoms with van der Waals surface area (Å²) < 4.78 is 0.925. The molecule has 0 saturated heterocycles. The van der Waals surface area contributed by atoms with Crippen LogP contribution in [0, 0.1) is 17.0 Å². The Balaban J connectivity index is 2.10. The number of hydrogen-bond donors (Lipinski definition) is 1. The van der Waals surface area contributed by atoms with Gasteiger partial charge in [-0.15, -0.1) is 0 Å². The van der Waals surface area contributed by atoms with E-state index in [9.17, 15) is 14.9 Å². The Kier molecular flexibility index (Phi) is 5.28. The number of likely N-dealkylation sites (N-methyl/N-ethyl adjacent to an activating group) is 1. The second kappa shape index (κ2) is 7.19. The molecule has 0 unspecified atom stereocenters. The van der Waals surface area contributed by atoms with Crippen molar-refractivity contribution < 1.29 is 9.72 Å². The molecule has 0 spiro atoms. The summed E-state index contributed by atoms with van der Waals surface area (Å²) >= 11 is 3.36. The van der Waals surface area contributed by atoms with Crippen molar-refractivity contribution in [2.75, 3.05) is 23.8 Å². The fraction of sp³-hybridized carbons (Fsp3) is 0.200. The molecule has 0 aliphatic heterocycles. The maximum absolute atomic E-state index is 12.2. The maximum atomic E-state index is 12.2. The predicted octanol–water partition coefficient (Wildman–Crippen LogP) is 3.14. The first-order chi connectivity index (χ1) is 10.9. The number of carbonyl (C=O) groups excluding carboxylic acids is 1. The molecule has 7 nitrogen and oxygen atoms in total. The van der Waals surface area contributed by atoms with Crippen molar-refractivity contribution in [3.8, 4) is 0 Å². The lowest BCUT2D eigenvalue weighted by Gasteiger charge is -2.17. The highest BCUT2D eigenvalue weighted by Crippen LogP contribution is 2.24. The summed E-state index contributed by atoms with van der Waals surface area (Å²) in [6.45, 7) is 1.83. The van der Waals surface area contributed by atoms with Gasteiger partial charge in [-0.05, 0) is 36.8 Å². The topological polar surface area (TPSA) is 88.4 Å². The molecule has 1 aromatic carbocycles. The quantitative estimate of drug-likeness (QED) is 0.637. The summed E-state index contributed by atoms with van der Waals surface area (Å²) in [5, 5.41) is 13.8. The Labute approximate surface area is 141 Å². The van der Waals surface area contributed by atoms with Crippen LogP contribution in [0.4, 0.5) is 17.2 Å². The standard InChI is InChI=1S/C15H15BrN4O3/c1-10-8-11(16)5-6-12(10)18-14(21)9-19(2)15-13(20(22)23)4-3-7-17-15/h3-8H,9H2,1-2H3,(H,18,21). The summed E-state index contributed by atoms with van der Waals surface area (Å²) in [4.78, 5) is 28.1. The molecule has 8 heteroatoms. The summed E-state index contributed by atoms with van der Waals surface area (Å²) in [5.74, 6) is -0.127. The number of pyridine rings is 1. The molecule has 0 fully saturated rings. The van der Waals surface area contributed by atoms with Gasteiger partial charge in [-0.25, -0.2) is 4.98 Å². The van der Waals surface area contributed by atoms with Crippen LogP contribution in [-0.4, -0.2) is 29.4 Å². The van der Waals surface area contributed by atoms with Crippen molar-refractivity contribution in [2.45, 2.75) is 6.92 Å². The van der Waals surface area contributed by atoms with Gasteiger partial charge < -0.3 is 10.2 Å². The first-order valence-electron chi connectivity index (χ1n) is 6.75. The SMILES string of the molecule is Cc1cc(Br)ccc1NC(=O)CN(C)c1ncccc1[N+](=O)[O-]. The zero-order chi connectivity index (χ0) is 17.0. The van der Waals surface area contributed by atoms with Crippen LogP contribution in [0.1, 0.15) is 5.56 Å². The number of nitrogens with one attached hydrogen (secondary N) is 1. The Morgan fingerprint density at radius 2 is 2.17 bits per heavy atom. The van der Waals surface area contributed by atoms with E-state index in [-0.39, 0.29) is 24.0 Å². The normalized spacial score (nSPS) is 10.2. The number of amides is 1. The average Bonchev–Trinajstić information content (AvgIpc) is 2.50. The van der Waals surface area contributed by atoms with Gasteiger partial charge in [0.15, 0.2) is 0 Å². The Bertz CT molecular complexity index is 751. The number of hydrogen-bond acceptors (Lipinski definition) is 5. The zero-order valence-corrected chi connectivity index (χ0v) is 14.2. The minimum Gasteiger partial charge on any atom is -0.345 e. The number of halogens is 1. The molecule has 1 aromatic heterocycles. The van der Waals surface area contributed by atoms with Crippen LogP contribution in [0.5, 0.6) is 0 Å². The van der Waals surface area contributed by atoms with Crippen LogP contribution in [0.3, 0.4) is 0 Å². The van der Waals surface area contributed by atoms with E-state index in [4.69, 9.17) is 0 Å². The highest BCUT2D eigenvalue weighted by atomic mass is 79.9. The molecule has 120 valence electrons. The monoisotopic (exact) mass is 378 g/mol. The number of benzene rings is 1. The highest BCUT2D eigenvalue weighted by molar-refractivity contribution is 9.10. The average molecular weight is 379 g/mol. The molecule has 0 bridgehead atoms. The van der Waals surface area contributed by atoms with Crippen molar-refractivity contribution in [3.05, 3.63) is 56.7 Å². The van der Waals surface area contributed by atoms with Gasteiger partial charge in [0.05, 0.1) is 11.5 Å². The van der Waals surface area contributed by atoms with E-state index >= 15 is 0 Å². The number of aromatic nitrogens is 1. The molecule has 2 aromatic rings. The van der Waals surface area contributed by atoms with Crippen LogP contribution < -0.4 is 10.2 Å². The van der Waals surface area contributed by atoms with E-state index in [0.717, 1.165) is 10.0 Å². The number of aryl methyl sites for hydroxylation is 1. The van der Waals surface area contributed by atoms with E-state index in [1.165, 1.54) is 23.2 Å². The lowest BCUT2D eigenvalue weighted by molar-refractivity contribution is -0.384. The van der Waals surface area contributed by atoms with Gasteiger partial charge in [0.1, 0.15) is 0 Å². The van der Waals surface area contributed by atoms with Gasteiger partial charge in [0.2, 0.25) is 11.7 Å². The summed E-state index contributed by atoms with van der Waals surface area (Å²) in [6, 6.07) is 8.36. The second-order valence-electron chi connectivity index (χ2n) is 4.97. The second-order valence-corrected chi connectivity index (χ2v) is 5.88. The van der Waals surface area contributed by atoms with Gasteiger partial charge >= 0.3 is 5.69 Å². The summed E-state index contributed by atoms with van der Waals surface area (Å²) in [7, 11) is 1.59. The number of anilines is 2. The minimum atomic E-state index is -0.518. The molecule has 0 saturated carbocycles. The third-order valence-corrected chi connectivity index (χ3v) is 3.66. The fourth-order valence-electron chi connectivity index (χ4n) is 2.07. The molecule has 2 rings (SSSR count). The Morgan fingerprint density at radius 3 is 2.83 bits per heavy atom. The largest absolute Gasteiger partial charge is 0.345 e. The predicted molar refractivity (Wildman–Crippen MR) is 91.7 cm³/mol. The first-order valence-corrected chi connectivity index (χ1v) is 7.54. The smallest absolute Gasteiger partial charge is 0.311 e. The highest BCUT2D eigenvalue weighted by Gasteiger charge is 2.19. The fourth-order valence-corrected chi connectivity index (χ4v) is 2.55. The Hall–Kier alpha value is -2.48. The van der Waals surface area contributed by atoms with Gasteiger partial charge in [0, 0.05) is 29.5 Å². The minimum absolute atomic E-state index is 0.0483. The molecular weight excluding hydrogens is 364 g/mol. The molecule has 1 N–H and O–H groups in total. The lowest BCUT2D eigenvalue weighted by atomic mass is 10.2. The molecule has 1 heterocycles. The molecule has 0 radical (unpaired) electrons.